The van der Waals surface area contributed by atoms with Crippen LogP contribution in [0.1, 0.15) is 11.1 Å². The molecule has 4 aromatic rings. The van der Waals surface area contributed by atoms with Crippen LogP contribution < -0.4 is 5.56 Å². The van der Waals surface area contributed by atoms with E-state index in [2.05, 4.69) is 21.6 Å². The number of aromatic nitrogens is 4. The second kappa shape index (κ2) is 6.56. The molecule has 142 valence electrons. The molecule has 2 aromatic carbocycles. The van der Waals surface area contributed by atoms with E-state index >= 15 is 0 Å². The molecule has 0 amide bonds. The van der Waals surface area contributed by atoms with Crippen molar-refractivity contribution in [3.63, 3.8) is 0 Å². The maximum absolute atomic E-state index is 12.9. The lowest BCUT2D eigenvalue weighted by Gasteiger charge is -2.07. The zero-order valence-corrected chi connectivity index (χ0v) is 14.5. The molecule has 0 saturated carbocycles. The van der Waals surface area contributed by atoms with E-state index in [-0.39, 0.29) is 12.0 Å². The van der Waals surface area contributed by atoms with Gasteiger partial charge in [-0.2, -0.15) is 17.9 Å². The third-order valence-electron chi connectivity index (χ3n) is 4.42. The summed E-state index contributed by atoms with van der Waals surface area (Å²) < 4.78 is 39.7. The van der Waals surface area contributed by atoms with Gasteiger partial charge < -0.3 is 4.98 Å². The molecular formula is C20H15F3N4O. The highest BCUT2D eigenvalue weighted by Gasteiger charge is 2.30. The highest BCUT2D eigenvalue weighted by molar-refractivity contribution is 5.76. The number of rotatable bonds is 4. The van der Waals surface area contributed by atoms with E-state index in [9.17, 15) is 18.0 Å². The van der Waals surface area contributed by atoms with Crippen molar-refractivity contribution in [1.29, 1.82) is 0 Å². The van der Waals surface area contributed by atoms with Gasteiger partial charge in [-0.1, -0.05) is 30.3 Å². The molecule has 0 saturated heterocycles. The van der Waals surface area contributed by atoms with E-state index in [1.165, 1.54) is 16.8 Å². The Morgan fingerprint density at radius 3 is 2.46 bits per heavy atom. The van der Waals surface area contributed by atoms with Gasteiger partial charge in [0.15, 0.2) is 0 Å². The van der Waals surface area contributed by atoms with Crippen LogP contribution in [0, 0.1) is 0 Å². The minimum Gasteiger partial charge on any atom is -0.322 e. The Hall–Kier alpha value is -3.55. The molecule has 0 unspecified atom stereocenters. The largest absolute Gasteiger partial charge is 0.416 e. The third kappa shape index (κ3) is 3.02. The smallest absolute Gasteiger partial charge is 0.322 e. The quantitative estimate of drug-likeness (QED) is 0.510. The first-order valence-corrected chi connectivity index (χ1v) is 8.46. The molecule has 5 nitrogen and oxygen atoms in total. The van der Waals surface area contributed by atoms with Gasteiger partial charge in [-0.3, -0.25) is 9.89 Å². The molecule has 0 atom stereocenters. The normalized spacial score (nSPS) is 11.8. The van der Waals surface area contributed by atoms with Gasteiger partial charge in [0.1, 0.15) is 0 Å². The Morgan fingerprint density at radius 1 is 1.11 bits per heavy atom. The van der Waals surface area contributed by atoms with Crippen LogP contribution in [0.5, 0.6) is 0 Å². The van der Waals surface area contributed by atoms with Gasteiger partial charge in [0.2, 0.25) is 5.95 Å². The molecular weight excluding hydrogens is 369 g/mol. The van der Waals surface area contributed by atoms with Gasteiger partial charge >= 0.3 is 6.18 Å². The average molecular weight is 384 g/mol. The Kier molecular flexibility index (Phi) is 4.18. The number of allylic oxidation sites excluding steroid dienone is 1. The number of benzene rings is 2. The number of fused-ring (bicyclic) bond motifs is 1. The zero-order chi connectivity index (χ0) is 19.9. The lowest BCUT2D eigenvalue weighted by atomic mass is 10.0. The number of nitrogens with one attached hydrogen (secondary N) is 2. The molecule has 8 heteroatoms. The van der Waals surface area contributed by atoms with Crippen molar-refractivity contribution in [2.75, 3.05) is 0 Å². The summed E-state index contributed by atoms with van der Waals surface area (Å²) in [6, 6.07) is 12.0. The summed E-state index contributed by atoms with van der Waals surface area (Å²) in [4.78, 5) is 20.4. The summed E-state index contributed by atoms with van der Waals surface area (Å²) in [5, 5.41) is 2.97. The number of halogens is 3. The molecule has 0 bridgehead atoms. The predicted octanol–water partition coefficient (Wildman–Crippen LogP) is 4.46. The summed E-state index contributed by atoms with van der Waals surface area (Å²) in [5.74, 6) is 0.301. The second-order valence-electron chi connectivity index (χ2n) is 6.25. The van der Waals surface area contributed by atoms with Crippen molar-refractivity contribution >= 4 is 11.0 Å². The zero-order valence-electron chi connectivity index (χ0n) is 14.5. The van der Waals surface area contributed by atoms with Gasteiger partial charge in [-0.05, 0) is 36.2 Å². The Labute approximate surface area is 157 Å². The first-order chi connectivity index (χ1) is 13.4. The standard InChI is InChI=1S/C20H15F3N4O/c1-2-5-14-17(12-8-10-13(11-9-12)20(21,22)23)26-27(18(14)28)19-24-15-6-3-4-7-16(15)25-19/h2-4,6-11,26H,1,5H2,(H,24,25). The van der Waals surface area contributed by atoms with E-state index in [4.69, 9.17) is 0 Å². The Bertz CT molecular complexity index is 1180. The number of nitrogens with zero attached hydrogens (tertiary/aromatic N) is 2. The summed E-state index contributed by atoms with van der Waals surface area (Å²) in [5.41, 5.74) is 1.67. The van der Waals surface area contributed by atoms with Crippen LogP contribution in [-0.2, 0) is 12.6 Å². The van der Waals surface area contributed by atoms with Gasteiger partial charge in [0.25, 0.3) is 5.56 Å². The fraction of sp³-hybridized carbons (Fsp3) is 0.100. The number of para-hydroxylation sites is 2. The van der Waals surface area contributed by atoms with Crippen molar-refractivity contribution in [3.05, 3.63) is 82.7 Å². The Morgan fingerprint density at radius 2 is 1.82 bits per heavy atom. The fourth-order valence-corrected chi connectivity index (χ4v) is 3.06. The van der Waals surface area contributed by atoms with E-state index in [0.717, 1.165) is 17.6 Å². The molecule has 0 aliphatic rings. The van der Waals surface area contributed by atoms with Crippen molar-refractivity contribution in [2.45, 2.75) is 12.6 Å². The third-order valence-corrected chi connectivity index (χ3v) is 4.42. The minimum atomic E-state index is -4.42. The lowest BCUT2D eigenvalue weighted by Crippen LogP contribution is -2.18. The van der Waals surface area contributed by atoms with E-state index in [1.807, 2.05) is 24.3 Å². The number of hydrogen-bond acceptors (Lipinski definition) is 2. The first kappa shape index (κ1) is 17.8. The van der Waals surface area contributed by atoms with Gasteiger partial charge in [-0.15, -0.1) is 6.58 Å². The number of alkyl halides is 3. The summed E-state index contributed by atoms with van der Waals surface area (Å²) in [7, 11) is 0. The van der Waals surface area contributed by atoms with Crippen molar-refractivity contribution in [2.24, 2.45) is 0 Å². The van der Waals surface area contributed by atoms with E-state index in [0.29, 0.717) is 28.3 Å². The monoisotopic (exact) mass is 384 g/mol. The molecule has 0 spiro atoms. The fourth-order valence-electron chi connectivity index (χ4n) is 3.06. The highest BCUT2D eigenvalue weighted by atomic mass is 19.4. The van der Waals surface area contributed by atoms with Crippen LogP contribution in [0.15, 0.2) is 66.0 Å². The van der Waals surface area contributed by atoms with Crippen LogP contribution in [0.4, 0.5) is 13.2 Å². The van der Waals surface area contributed by atoms with Crippen LogP contribution in [0.2, 0.25) is 0 Å². The average Bonchev–Trinajstić information content (AvgIpc) is 3.23. The van der Waals surface area contributed by atoms with Gasteiger partial charge in [0.05, 0.1) is 22.3 Å². The first-order valence-electron chi connectivity index (χ1n) is 8.46. The van der Waals surface area contributed by atoms with Crippen LogP contribution in [0.25, 0.3) is 28.2 Å². The molecule has 2 aromatic heterocycles. The summed E-state index contributed by atoms with van der Waals surface area (Å²) in [6.45, 7) is 3.66. The van der Waals surface area contributed by atoms with Crippen LogP contribution in [-0.4, -0.2) is 19.7 Å². The van der Waals surface area contributed by atoms with Crippen molar-refractivity contribution < 1.29 is 13.2 Å². The summed E-state index contributed by atoms with van der Waals surface area (Å²) >= 11 is 0. The maximum Gasteiger partial charge on any atom is 0.416 e. The van der Waals surface area contributed by atoms with Crippen LogP contribution in [0.3, 0.4) is 0 Å². The van der Waals surface area contributed by atoms with Crippen LogP contribution >= 0.6 is 0 Å². The van der Waals surface area contributed by atoms with E-state index in [1.54, 1.807) is 6.08 Å². The summed E-state index contributed by atoms with van der Waals surface area (Å²) in [6.07, 6.45) is -2.59. The molecule has 4 rings (SSSR count). The Balaban J connectivity index is 1.85. The van der Waals surface area contributed by atoms with E-state index < -0.39 is 11.7 Å². The SMILES string of the molecule is C=CCc1c(-c2ccc(C(F)(F)F)cc2)[nH]n(-c2nc3ccccc3[nH]2)c1=O. The van der Waals surface area contributed by atoms with Crippen molar-refractivity contribution in [1.82, 2.24) is 19.7 Å². The molecule has 0 aliphatic carbocycles. The maximum atomic E-state index is 12.9. The van der Waals surface area contributed by atoms with Crippen molar-refractivity contribution in [3.8, 4) is 17.2 Å². The second-order valence-corrected chi connectivity index (χ2v) is 6.25. The highest BCUT2D eigenvalue weighted by Crippen LogP contribution is 2.31. The molecule has 28 heavy (non-hydrogen) atoms. The van der Waals surface area contributed by atoms with Gasteiger partial charge in [-0.25, -0.2) is 4.98 Å². The number of aromatic amines is 2. The molecule has 0 radical (unpaired) electrons. The topological polar surface area (TPSA) is 66.5 Å². The lowest BCUT2D eigenvalue weighted by molar-refractivity contribution is -0.137. The number of hydrogen-bond donors (Lipinski definition) is 2. The minimum absolute atomic E-state index is 0.263. The molecule has 2 N–H and O–H groups in total. The molecule has 2 heterocycles. The predicted molar refractivity (Wildman–Crippen MR) is 100 cm³/mol. The number of imidazole rings is 1. The molecule has 0 aliphatic heterocycles. The van der Waals surface area contributed by atoms with Gasteiger partial charge in [0, 0.05) is 5.56 Å². The molecule has 0 fully saturated rings. The number of H-pyrrole nitrogens is 2.